The average Bonchev–Trinajstić information content (AvgIpc) is 2.83. The normalized spacial score (nSPS) is 11.2. The van der Waals surface area contributed by atoms with Crippen molar-refractivity contribution in [3.8, 4) is 5.75 Å². The third-order valence-electron chi connectivity index (χ3n) is 3.26. The number of aliphatic hydroxyl groups is 1. The van der Waals surface area contributed by atoms with Crippen LogP contribution < -0.4 is 4.74 Å². The van der Waals surface area contributed by atoms with Gasteiger partial charge in [0.1, 0.15) is 5.76 Å². The lowest BCUT2D eigenvalue weighted by Crippen LogP contribution is -1.93. The molecule has 2 aromatic carbocycles. The molecule has 0 saturated heterocycles. The maximum absolute atomic E-state index is 14.4. The molecule has 0 atom stereocenters. The van der Waals surface area contributed by atoms with Gasteiger partial charge in [0.15, 0.2) is 17.4 Å². The molecule has 3 aromatic rings. The lowest BCUT2D eigenvalue weighted by atomic mass is 10.1. The molecule has 0 spiro atoms. The van der Waals surface area contributed by atoms with Crippen LogP contribution in [0, 0.1) is 11.6 Å². The van der Waals surface area contributed by atoms with Crippen LogP contribution in [0.1, 0.15) is 12.5 Å². The van der Waals surface area contributed by atoms with Crippen molar-refractivity contribution in [2.24, 2.45) is 0 Å². The van der Waals surface area contributed by atoms with Crippen LogP contribution in [0.2, 0.25) is 0 Å². The van der Waals surface area contributed by atoms with E-state index in [-0.39, 0.29) is 17.1 Å². The maximum atomic E-state index is 14.4. The van der Waals surface area contributed by atoms with E-state index in [2.05, 4.69) is 6.58 Å². The van der Waals surface area contributed by atoms with Crippen LogP contribution in [0.25, 0.3) is 25.9 Å². The largest absolute Gasteiger partial charge is 0.508 e. The molecular formula is C16H12F2O2S. The predicted molar refractivity (Wildman–Crippen MR) is 82.1 cm³/mol. The Bertz CT molecular complexity index is 868. The van der Waals surface area contributed by atoms with E-state index >= 15 is 0 Å². The van der Waals surface area contributed by atoms with Gasteiger partial charge in [0.05, 0.1) is 21.6 Å². The summed E-state index contributed by atoms with van der Waals surface area (Å²) in [5.74, 6) is -1.26. The third kappa shape index (κ3) is 2.05. The zero-order chi connectivity index (χ0) is 15.1. The van der Waals surface area contributed by atoms with E-state index < -0.39 is 11.6 Å². The molecule has 2 nitrogen and oxygen atoms in total. The Morgan fingerprint density at radius 2 is 1.76 bits per heavy atom. The smallest absolute Gasteiger partial charge is 0.182 e. The Morgan fingerprint density at radius 3 is 2.38 bits per heavy atom. The Morgan fingerprint density at radius 1 is 1.14 bits per heavy atom. The molecule has 5 heteroatoms. The van der Waals surface area contributed by atoms with Gasteiger partial charge in [-0.25, -0.2) is 8.78 Å². The second-order valence-corrected chi connectivity index (χ2v) is 5.56. The van der Waals surface area contributed by atoms with Gasteiger partial charge >= 0.3 is 0 Å². The Labute approximate surface area is 123 Å². The molecule has 1 aromatic heterocycles. The summed E-state index contributed by atoms with van der Waals surface area (Å²) in [7, 11) is 0. The van der Waals surface area contributed by atoms with E-state index in [1.54, 1.807) is 25.1 Å². The number of hydrogen-bond donors (Lipinski definition) is 1. The summed E-state index contributed by atoms with van der Waals surface area (Å²) in [4.78, 5) is 0. The molecule has 0 unspecified atom stereocenters. The molecule has 3 rings (SSSR count). The molecule has 0 amide bonds. The van der Waals surface area contributed by atoms with Crippen LogP contribution in [0.4, 0.5) is 8.78 Å². The SMILES string of the molecule is C=C(O)c1ccc2c(sc3c(F)c(OCC)ccc32)c1F. The maximum Gasteiger partial charge on any atom is 0.182 e. The molecular weight excluding hydrogens is 294 g/mol. The van der Waals surface area contributed by atoms with Crippen LogP contribution in [-0.4, -0.2) is 11.7 Å². The molecule has 1 N–H and O–H groups in total. The number of ether oxygens (including phenoxy) is 1. The van der Waals surface area contributed by atoms with Crippen molar-refractivity contribution in [2.75, 3.05) is 6.61 Å². The lowest BCUT2D eigenvalue weighted by Gasteiger charge is -2.04. The minimum Gasteiger partial charge on any atom is -0.508 e. The molecule has 0 aliphatic rings. The Hall–Kier alpha value is -2.14. The van der Waals surface area contributed by atoms with Crippen molar-refractivity contribution in [3.05, 3.63) is 48.0 Å². The average molecular weight is 306 g/mol. The minimum atomic E-state index is -0.585. The van der Waals surface area contributed by atoms with E-state index in [0.717, 1.165) is 11.3 Å². The fourth-order valence-corrected chi connectivity index (χ4v) is 3.48. The van der Waals surface area contributed by atoms with E-state index in [0.29, 0.717) is 26.8 Å². The fraction of sp³-hybridized carbons (Fsp3) is 0.125. The molecule has 0 bridgehead atoms. The minimum absolute atomic E-state index is 0.0273. The van der Waals surface area contributed by atoms with Crippen molar-refractivity contribution >= 4 is 37.3 Å². The number of aliphatic hydroxyl groups excluding tert-OH is 1. The van der Waals surface area contributed by atoms with Crippen LogP contribution in [0.3, 0.4) is 0 Å². The second-order valence-electron chi connectivity index (χ2n) is 4.54. The Kier molecular flexibility index (Phi) is 3.29. The van der Waals surface area contributed by atoms with Gasteiger partial charge < -0.3 is 9.84 Å². The second kappa shape index (κ2) is 5.00. The van der Waals surface area contributed by atoms with E-state index in [4.69, 9.17) is 4.74 Å². The van der Waals surface area contributed by atoms with Gasteiger partial charge in [-0.15, -0.1) is 11.3 Å². The zero-order valence-corrected chi connectivity index (χ0v) is 12.1. The molecule has 108 valence electrons. The van der Waals surface area contributed by atoms with Crippen molar-refractivity contribution in [1.82, 2.24) is 0 Å². The summed E-state index contributed by atoms with van der Waals surface area (Å²) < 4.78 is 34.6. The van der Waals surface area contributed by atoms with Gasteiger partial charge in [-0.1, -0.05) is 12.6 Å². The summed E-state index contributed by atoms with van der Waals surface area (Å²) in [5, 5.41) is 10.6. The van der Waals surface area contributed by atoms with Crippen molar-refractivity contribution in [3.63, 3.8) is 0 Å². The molecule has 21 heavy (non-hydrogen) atoms. The van der Waals surface area contributed by atoms with Gasteiger partial charge in [-0.05, 0) is 25.1 Å². The standard InChI is InChI=1S/C16H12F2O2S/c1-3-20-12-7-6-11-10-5-4-9(8(2)19)13(17)15(10)21-16(11)14(12)18/h4-7,19H,2-3H2,1H3. The van der Waals surface area contributed by atoms with Crippen molar-refractivity contribution in [1.29, 1.82) is 0 Å². The molecule has 0 fully saturated rings. The monoisotopic (exact) mass is 306 g/mol. The van der Waals surface area contributed by atoms with Crippen LogP contribution in [0.5, 0.6) is 5.75 Å². The third-order valence-corrected chi connectivity index (χ3v) is 4.47. The van der Waals surface area contributed by atoms with Crippen molar-refractivity contribution < 1.29 is 18.6 Å². The fourth-order valence-electron chi connectivity index (χ4n) is 2.31. The molecule has 0 aliphatic heterocycles. The first-order valence-corrected chi connectivity index (χ1v) is 7.20. The lowest BCUT2D eigenvalue weighted by molar-refractivity contribution is 0.323. The van der Waals surface area contributed by atoms with Gasteiger partial charge in [0.25, 0.3) is 0 Å². The summed E-state index contributed by atoms with van der Waals surface area (Å²) in [6.45, 7) is 5.46. The number of hydrogen-bond acceptors (Lipinski definition) is 3. The molecule has 0 aliphatic carbocycles. The highest BCUT2D eigenvalue weighted by Gasteiger charge is 2.18. The first-order chi connectivity index (χ1) is 10.0. The highest BCUT2D eigenvalue weighted by atomic mass is 32.1. The highest BCUT2D eigenvalue weighted by Crippen LogP contribution is 2.40. The van der Waals surface area contributed by atoms with E-state index in [9.17, 15) is 13.9 Å². The van der Waals surface area contributed by atoms with E-state index in [1.165, 1.54) is 6.07 Å². The Balaban J connectivity index is 2.36. The first kappa shape index (κ1) is 13.8. The summed E-state index contributed by atoms with van der Waals surface area (Å²) in [5.41, 5.74) is 0.0273. The van der Waals surface area contributed by atoms with Gasteiger partial charge in [-0.2, -0.15) is 0 Å². The number of thiophene rings is 1. The number of rotatable bonds is 3. The van der Waals surface area contributed by atoms with Gasteiger partial charge in [0.2, 0.25) is 0 Å². The van der Waals surface area contributed by atoms with Gasteiger partial charge in [-0.3, -0.25) is 0 Å². The molecule has 0 saturated carbocycles. The predicted octanol–water partition coefficient (Wildman–Crippen LogP) is 5.26. The highest BCUT2D eigenvalue weighted by molar-refractivity contribution is 7.25. The quantitative estimate of drug-likeness (QED) is 0.669. The van der Waals surface area contributed by atoms with Crippen LogP contribution in [0.15, 0.2) is 30.8 Å². The first-order valence-electron chi connectivity index (χ1n) is 6.38. The number of benzene rings is 2. The summed E-state index contributed by atoms with van der Waals surface area (Å²) in [6, 6.07) is 6.37. The summed E-state index contributed by atoms with van der Waals surface area (Å²) in [6.07, 6.45) is 0. The molecule has 1 heterocycles. The van der Waals surface area contributed by atoms with Crippen LogP contribution >= 0.6 is 11.3 Å². The molecule has 0 radical (unpaired) electrons. The van der Waals surface area contributed by atoms with Gasteiger partial charge in [0, 0.05) is 10.8 Å². The number of halogens is 2. The van der Waals surface area contributed by atoms with Crippen molar-refractivity contribution in [2.45, 2.75) is 6.92 Å². The summed E-state index contributed by atoms with van der Waals surface area (Å²) >= 11 is 1.00. The van der Waals surface area contributed by atoms with Crippen LogP contribution in [-0.2, 0) is 0 Å². The van der Waals surface area contributed by atoms with E-state index in [1.807, 2.05) is 0 Å². The zero-order valence-electron chi connectivity index (χ0n) is 11.2. The topological polar surface area (TPSA) is 29.5 Å². The number of fused-ring (bicyclic) bond motifs is 3.